The van der Waals surface area contributed by atoms with E-state index in [0.29, 0.717) is 34.1 Å². The SMILES string of the molecule is Cn1c(CN)nnc1SCc1cc(Cl)ccc1OCC(=O)O. The van der Waals surface area contributed by atoms with E-state index >= 15 is 0 Å². The first kappa shape index (κ1) is 16.6. The molecular formula is C13H15ClN4O3S. The number of aliphatic carboxylic acids is 1. The zero-order valence-electron chi connectivity index (χ0n) is 11.8. The highest BCUT2D eigenvalue weighted by atomic mass is 35.5. The number of benzene rings is 1. The molecule has 0 spiro atoms. The second-order valence-corrected chi connectivity index (χ2v) is 5.76. The molecule has 0 saturated carbocycles. The number of nitrogens with two attached hydrogens (primary N) is 1. The van der Waals surface area contributed by atoms with Crippen molar-refractivity contribution in [2.45, 2.75) is 17.5 Å². The standard InChI is InChI=1S/C13H15ClN4O3S/c1-18-11(5-15)16-17-13(18)22-7-8-4-9(14)2-3-10(8)21-6-12(19)20/h2-4H,5-7,15H2,1H3,(H,19,20). The average Bonchev–Trinajstić information content (AvgIpc) is 2.84. The molecule has 7 nitrogen and oxygen atoms in total. The van der Waals surface area contributed by atoms with Crippen molar-refractivity contribution in [2.24, 2.45) is 12.8 Å². The molecule has 22 heavy (non-hydrogen) atoms. The molecule has 0 aliphatic heterocycles. The fraction of sp³-hybridized carbons (Fsp3) is 0.308. The van der Waals surface area contributed by atoms with Gasteiger partial charge >= 0.3 is 5.97 Å². The Bertz CT molecular complexity index is 677. The van der Waals surface area contributed by atoms with Crippen LogP contribution in [-0.2, 0) is 24.1 Å². The van der Waals surface area contributed by atoms with E-state index in [-0.39, 0.29) is 0 Å². The second kappa shape index (κ2) is 7.48. The van der Waals surface area contributed by atoms with E-state index in [1.54, 1.807) is 18.2 Å². The first-order chi connectivity index (χ1) is 10.5. The number of nitrogens with zero attached hydrogens (tertiary/aromatic N) is 3. The van der Waals surface area contributed by atoms with Crippen molar-refractivity contribution in [1.82, 2.24) is 14.8 Å². The molecule has 0 radical (unpaired) electrons. The Labute approximate surface area is 136 Å². The Hall–Kier alpha value is -1.77. The number of ether oxygens (including phenoxy) is 1. The lowest BCUT2D eigenvalue weighted by molar-refractivity contribution is -0.139. The average molecular weight is 343 g/mol. The van der Waals surface area contributed by atoms with Crippen LogP contribution < -0.4 is 10.5 Å². The highest BCUT2D eigenvalue weighted by molar-refractivity contribution is 7.98. The number of carbonyl (C=O) groups is 1. The van der Waals surface area contributed by atoms with Gasteiger partial charge in [-0.25, -0.2) is 4.79 Å². The van der Waals surface area contributed by atoms with Crippen LogP contribution in [0.3, 0.4) is 0 Å². The van der Waals surface area contributed by atoms with Crippen molar-refractivity contribution >= 4 is 29.3 Å². The molecule has 0 amide bonds. The molecule has 3 N–H and O–H groups in total. The van der Waals surface area contributed by atoms with Gasteiger partial charge in [-0.1, -0.05) is 23.4 Å². The van der Waals surface area contributed by atoms with E-state index in [9.17, 15) is 4.79 Å². The minimum Gasteiger partial charge on any atom is -0.482 e. The number of thioether (sulfide) groups is 1. The molecule has 0 unspecified atom stereocenters. The molecule has 0 atom stereocenters. The van der Waals surface area contributed by atoms with Gasteiger partial charge in [0.2, 0.25) is 0 Å². The molecule has 1 aromatic carbocycles. The van der Waals surface area contributed by atoms with Crippen LogP contribution >= 0.6 is 23.4 Å². The summed E-state index contributed by atoms with van der Waals surface area (Å²) in [5.41, 5.74) is 6.35. The van der Waals surface area contributed by atoms with Crippen molar-refractivity contribution in [1.29, 1.82) is 0 Å². The fourth-order valence-electron chi connectivity index (χ4n) is 1.73. The lowest BCUT2D eigenvalue weighted by Crippen LogP contribution is -2.10. The molecule has 9 heteroatoms. The predicted octanol–water partition coefficient (Wildman–Crippen LogP) is 1.68. The highest BCUT2D eigenvalue weighted by Crippen LogP contribution is 2.29. The first-order valence-corrected chi connectivity index (χ1v) is 7.71. The molecule has 0 fully saturated rings. The van der Waals surface area contributed by atoms with Gasteiger partial charge in [0, 0.05) is 23.4 Å². The largest absolute Gasteiger partial charge is 0.482 e. The zero-order chi connectivity index (χ0) is 16.1. The van der Waals surface area contributed by atoms with Gasteiger partial charge in [0.1, 0.15) is 11.6 Å². The third-order valence-corrected chi connectivity index (χ3v) is 4.14. The van der Waals surface area contributed by atoms with Crippen molar-refractivity contribution in [2.75, 3.05) is 6.61 Å². The number of carboxylic acid groups (broad SMARTS) is 1. The summed E-state index contributed by atoms with van der Waals surface area (Å²) in [6, 6.07) is 5.05. The Balaban J connectivity index is 2.12. The van der Waals surface area contributed by atoms with E-state index in [4.69, 9.17) is 27.2 Å². The van der Waals surface area contributed by atoms with Crippen LogP contribution in [0.4, 0.5) is 0 Å². The van der Waals surface area contributed by atoms with Crippen LogP contribution in [0.25, 0.3) is 0 Å². The Morgan fingerprint density at radius 2 is 2.27 bits per heavy atom. The number of aromatic nitrogens is 3. The summed E-state index contributed by atoms with van der Waals surface area (Å²) in [6.07, 6.45) is 0. The minimum atomic E-state index is -1.03. The zero-order valence-corrected chi connectivity index (χ0v) is 13.4. The summed E-state index contributed by atoms with van der Waals surface area (Å²) < 4.78 is 7.08. The Kier molecular flexibility index (Phi) is 5.64. The van der Waals surface area contributed by atoms with Crippen LogP contribution in [0.1, 0.15) is 11.4 Å². The topological polar surface area (TPSA) is 103 Å². The van der Waals surface area contributed by atoms with E-state index in [1.807, 2.05) is 11.6 Å². The Morgan fingerprint density at radius 1 is 1.50 bits per heavy atom. The molecule has 0 aliphatic rings. The van der Waals surface area contributed by atoms with Crippen LogP contribution in [0.2, 0.25) is 5.02 Å². The van der Waals surface area contributed by atoms with Gasteiger partial charge in [-0.3, -0.25) is 0 Å². The Morgan fingerprint density at radius 3 is 2.91 bits per heavy atom. The summed E-state index contributed by atoms with van der Waals surface area (Å²) >= 11 is 7.43. The monoisotopic (exact) mass is 342 g/mol. The summed E-state index contributed by atoms with van der Waals surface area (Å²) in [6.45, 7) is -0.0885. The molecule has 1 heterocycles. The van der Waals surface area contributed by atoms with Crippen LogP contribution in [0, 0.1) is 0 Å². The normalized spacial score (nSPS) is 10.7. The third kappa shape index (κ3) is 4.12. The smallest absolute Gasteiger partial charge is 0.341 e. The maximum atomic E-state index is 10.6. The second-order valence-electron chi connectivity index (χ2n) is 4.39. The van der Waals surface area contributed by atoms with E-state index < -0.39 is 12.6 Å². The van der Waals surface area contributed by atoms with Crippen molar-refractivity contribution in [3.8, 4) is 5.75 Å². The van der Waals surface area contributed by atoms with E-state index in [1.165, 1.54) is 11.8 Å². The molecular weight excluding hydrogens is 328 g/mol. The molecule has 0 bridgehead atoms. The van der Waals surface area contributed by atoms with Gasteiger partial charge < -0.3 is 20.1 Å². The minimum absolute atomic E-state index is 0.314. The molecule has 1 aromatic heterocycles. The summed E-state index contributed by atoms with van der Waals surface area (Å²) in [4.78, 5) is 10.6. The molecule has 2 aromatic rings. The van der Waals surface area contributed by atoms with Crippen LogP contribution in [-0.4, -0.2) is 32.4 Å². The quantitative estimate of drug-likeness (QED) is 0.738. The molecule has 118 valence electrons. The molecule has 0 saturated heterocycles. The molecule has 0 aliphatic carbocycles. The van der Waals surface area contributed by atoms with Gasteiger partial charge in [-0.15, -0.1) is 10.2 Å². The highest BCUT2D eigenvalue weighted by Gasteiger charge is 2.11. The first-order valence-electron chi connectivity index (χ1n) is 6.35. The molecule has 2 rings (SSSR count). The summed E-state index contributed by atoms with van der Waals surface area (Å²) in [5.74, 6) is 0.664. The lowest BCUT2D eigenvalue weighted by atomic mass is 10.2. The fourth-order valence-corrected chi connectivity index (χ4v) is 2.83. The lowest BCUT2D eigenvalue weighted by Gasteiger charge is -2.10. The van der Waals surface area contributed by atoms with Gasteiger partial charge in [-0.05, 0) is 18.2 Å². The van der Waals surface area contributed by atoms with Gasteiger partial charge in [-0.2, -0.15) is 0 Å². The number of rotatable bonds is 7. The number of hydrogen-bond donors (Lipinski definition) is 2. The summed E-state index contributed by atoms with van der Waals surface area (Å²) in [7, 11) is 1.84. The maximum absolute atomic E-state index is 10.6. The summed E-state index contributed by atoms with van der Waals surface area (Å²) in [5, 5.41) is 18.0. The van der Waals surface area contributed by atoms with Gasteiger partial charge in [0.25, 0.3) is 0 Å². The number of halogens is 1. The van der Waals surface area contributed by atoms with Crippen molar-refractivity contribution in [3.63, 3.8) is 0 Å². The van der Waals surface area contributed by atoms with Gasteiger partial charge in [0.15, 0.2) is 11.8 Å². The van der Waals surface area contributed by atoms with Gasteiger partial charge in [0.05, 0.1) is 6.54 Å². The third-order valence-electron chi connectivity index (χ3n) is 2.84. The van der Waals surface area contributed by atoms with Crippen molar-refractivity contribution in [3.05, 3.63) is 34.6 Å². The van der Waals surface area contributed by atoms with E-state index in [0.717, 1.165) is 5.56 Å². The number of hydrogen-bond acceptors (Lipinski definition) is 6. The number of carboxylic acids is 1. The predicted molar refractivity (Wildman–Crippen MR) is 83.0 cm³/mol. The van der Waals surface area contributed by atoms with Crippen molar-refractivity contribution < 1.29 is 14.6 Å². The maximum Gasteiger partial charge on any atom is 0.341 e. The van der Waals surface area contributed by atoms with Crippen LogP contribution in [0.15, 0.2) is 23.4 Å². The van der Waals surface area contributed by atoms with E-state index in [2.05, 4.69) is 10.2 Å². The van der Waals surface area contributed by atoms with Crippen LogP contribution in [0.5, 0.6) is 5.75 Å².